The van der Waals surface area contributed by atoms with Crippen molar-refractivity contribution in [2.45, 2.75) is 0 Å². The average Bonchev–Trinajstić information content (AvgIpc) is 3.21. The van der Waals surface area contributed by atoms with Gasteiger partial charge in [-0.25, -0.2) is 14.9 Å². The molecule has 7 rings (SSSR count). The van der Waals surface area contributed by atoms with Crippen molar-refractivity contribution in [3.63, 3.8) is 0 Å². The highest BCUT2D eigenvalue weighted by Crippen LogP contribution is 2.49. The molecule has 1 aromatic heterocycles. The Kier molecular flexibility index (Phi) is 4.62. The van der Waals surface area contributed by atoms with Crippen molar-refractivity contribution < 1.29 is 14.3 Å². The maximum Gasteiger partial charge on any atom is 0.268 e. The largest absolute Gasteiger partial charge is 0.453 e. The van der Waals surface area contributed by atoms with Gasteiger partial charge in [-0.15, -0.1) is 0 Å². The highest BCUT2D eigenvalue weighted by Gasteiger charge is 2.38. The van der Waals surface area contributed by atoms with Crippen LogP contribution in [0, 0.1) is 0 Å². The fourth-order valence-corrected chi connectivity index (χ4v) is 4.76. The van der Waals surface area contributed by atoms with Gasteiger partial charge in [0.15, 0.2) is 11.5 Å². The number of carbonyl (C=O) groups excluding carboxylic acids is 2. The molecule has 4 aromatic carbocycles. The Morgan fingerprint density at radius 2 is 1.16 bits per heavy atom. The zero-order chi connectivity index (χ0) is 24.9. The van der Waals surface area contributed by atoms with Crippen molar-refractivity contribution >= 4 is 34.8 Å². The lowest BCUT2D eigenvalue weighted by Gasteiger charge is -2.32. The number of anilines is 4. The van der Waals surface area contributed by atoms with E-state index in [9.17, 15) is 9.59 Å². The molecule has 3 heterocycles. The number of hydrogen-bond donors (Lipinski definition) is 0. The molecule has 0 aliphatic carbocycles. The molecule has 37 heavy (non-hydrogen) atoms. The lowest BCUT2D eigenvalue weighted by atomic mass is 10.0. The molecule has 0 spiro atoms. The maximum absolute atomic E-state index is 13.3. The van der Waals surface area contributed by atoms with Crippen LogP contribution in [0.5, 0.6) is 11.5 Å². The molecule has 2 aliphatic heterocycles. The second-order valence-electron chi connectivity index (χ2n) is 8.69. The van der Waals surface area contributed by atoms with E-state index in [1.54, 1.807) is 24.5 Å². The summed E-state index contributed by atoms with van der Waals surface area (Å²) in [5, 5.41) is 0. The lowest BCUT2D eigenvalue weighted by molar-refractivity contribution is 0.0924. The molecule has 0 unspecified atom stereocenters. The molecule has 176 valence electrons. The molecular formula is C30H18N4O3. The Labute approximate surface area is 212 Å². The van der Waals surface area contributed by atoms with Gasteiger partial charge in [0.2, 0.25) is 5.95 Å². The minimum Gasteiger partial charge on any atom is -0.453 e. The van der Waals surface area contributed by atoms with Crippen molar-refractivity contribution in [1.82, 2.24) is 9.97 Å². The van der Waals surface area contributed by atoms with Crippen LogP contribution in [0.25, 0.3) is 11.1 Å². The quantitative estimate of drug-likeness (QED) is 0.267. The Balaban J connectivity index is 1.24. The summed E-state index contributed by atoms with van der Waals surface area (Å²) in [7, 11) is 0. The van der Waals surface area contributed by atoms with Gasteiger partial charge in [-0.05, 0) is 47.5 Å². The minimum absolute atomic E-state index is 0.0334. The third-order valence-electron chi connectivity index (χ3n) is 6.51. The minimum atomic E-state index is -0.437. The standard InChI is InChI=1S/C30H18N4O3/c35-28-22-15-14-20(19-8-2-1-3-9-19)16-23(22)29(36)34(28)30-31-17-21(18-32-30)33-24-10-4-6-12-26(24)37-27-13-7-5-11-25(27)33/h1-18H. The Morgan fingerprint density at radius 3 is 1.84 bits per heavy atom. The van der Waals surface area contributed by atoms with Crippen molar-refractivity contribution in [3.8, 4) is 22.6 Å². The van der Waals surface area contributed by atoms with Gasteiger partial charge in [0.1, 0.15) is 0 Å². The molecule has 7 heteroatoms. The highest BCUT2D eigenvalue weighted by molar-refractivity contribution is 6.34. The molecule has 0 saturated carbocycles. The fourth-order valence-electron chi connectivity index (χ4n) is 4.76. The third kappa shape index (κ3) is 3.29. The molecule has 0 fully saturated rings. The number of imide groups is 1. The van der Waals surface area contributed by atoms with Crippen LogP contribution < -0.4 is 14.5 Å². The van der Waals surface area contributed by atoms with Gasteiger partial charge >= 0.3 is 0 Å². The molecule has 7 nitrogen and oxygen atoms in total. The fraction of sp³-hybridized carbons (Fsp3) is 0. The summed E-state index contributed by atoms with van der Waals surface area (Å²) < 4.78 is 6.06. The summed E-state index contributed by atoms with van der Waals surface area (Å²) in [6.45, 7) is 0. The first-order valence-corrected chi connectivity index (χ1v) is 11.8. The first-order valence-electron chi connectivity index (χ1n) is 11.8. The molecule has 0 radical (unpaired) electrons. The van der Waals surface area contributed by atoms with Crippen LogP contribution in [0.1, 0.15) is 20.7 Å². The van der Waals surface area contributed by atoms with Gasteiger partial charge in [-0.3, -0.25) is 9.59 Å². The number of carbonyl (C=O) groups is 2. The molecular weight excluding hydrogens is 464 g/mol. The van der Waals surface area contributed by atoms with E-state index >= 15 is 0 Å². The van der Waals surface area contributed by atoms with Crippen molar-refractivity contribution in [2.75, 3.05) is 9.80 Å². The number of benzene rings is 4. The topological polar surface area (TPSA) is 75.6 Å². The van der Waals surface area contributed by atoms with Crippen LogP contribution in [0.2, 0.25) is 0 Å². The number of para-hydroxylation sites is 4. The number of nitrogens with zero attached hydrogens (tertiary/aromatic N) is 4. The van der Waals surface area contributed by atoms with Gasteiger partial charge in [-0.1, -0.05) is 60.7 Å². The summed E-state index contributed by atoms with van der Waals surface area (Å²) in [5.74, 6) is 0.577. The molecule has 0 atom stereocenters. The number of rotatable bonds is 3. The Bertz CT molecular complexity index is 1650. The lowest BCUT2D eigenvalue weighted by Crippen LogP contribution is -2.31. The smallest absolute Gasteiger partial charge is 0.268 e. The molecule has 2 aliphatic rings. The van der Waals surface area contributed by atoms with Crippen molar-refractivity contribution in [2.24, 2.45) is 0 Å². The second kappa shape index (κ2) is 8.13. The van der Waals surface area contributed by atoms with Gasteiger partial charge in [0.25, 0.3) is 11.8 Å². The van der Waals surface area contributed by atoms with Crippen LogP contribution in [0.3, 0.4) is 0 Å². The van der Waals surface area contributed by atoms with Gasteiger partial charge in [0.05, 0.1) is 40.6 Å². The van der Waals surface area contributed by atoms with Gasteiger partial charge in [0, 0.05) is 0 Å². The van der Waals surface area contributed by atoms with E-state index in [2.05, 4.69) is 9.97 Å². The second-order valence-corrected chi connectivity index (χ2v) is 8.69. The first-order chi connectivity index (χ1) is 18.2. The van der Waals surface area contributed by atoms with Crippen LogP contribution in [0.15, 0.2) is 109 Å². The Hall–Kier alpha value is -5.30. The number of hydrogen-bond acceptors (Lipinski definition) is 6. The summed E-state index contributed by atoms with van der Waals surface area (Å²) in [6.07, 6.45) is 3.22. The number of fused-ring (bicyclic) bond motifs is 3. The zero-order valence-corrected chi connectivity index (χ0v) is 19.4. The van der Waals surface area contributed by atoms with E-state index in [1.165, 1.54) is 0 Å². The summed E-state index contributed by atoms with van der Waals surface area (Å²) in [5.41, 5.74) is 4.87. The van der Waals surface area contributed by atoms with E-state index in [-0.39, 0.29) is 5.95 Å². The third-order valence-corrected chi connectivity index (χ3v) is 6.51. The predicted molar refractivity (Wildman–Crippen MR) is 140 cm³/mol. The van der Waals surface area contributed by atoms with Crippen LogP contribution in [0.4, 0.5) is 23.0 Å². The highest BCUT2D eigenvalue weighted by atomic mass is 16.5. The van der Waals surface area contributed by atoms with Crippen LogP contribution in [-0.2, 0) is 0 Å². The predicted octanol–water partition coefficient (Wildman–Crippen LogP) is 6.52. The first kappa shape index (κ1) is 21.0. The van der Waals surface area contributed by atoms with Crippen molar-refractivity contribution in [1.29, 1.82) is 0 Å². The average molecular weight is 482 g/mol. The molecule has 2 amide bonds. The van der Waals surface area contributed by atoms with Gasteiger partial charge in [-0.2, -0.15) is 0 Å². The SMILES string of the molecule is O=C1c2ccc(-c3ccccc3)cc2C(=O)N1c1ncc(N2c3ccccc3Oc3ccccc32)cn1. The van der Waals surface area contributed by atoms with E-state index in [1.807, 2.05) is 89.8 Å². The van der Waals surface area contributed by atoms with E-state index in [0.717, 1.165) is 27.4 Å². The van der Waals surface area contributed by atoms with E-state index in [4.69, 9.17) is 4.74 Å². The molecule has 0 bridgehead atoms. The van der Waals surface area contributed by atoms with E-state index < -0.39 is 11.8 Å². The molecule has 5 aromatic rings. The van der Waals surface area contributed by atoms with E-state index in [0.29, 0.717) is 28.3 Å². The number of amides is 2. The normalized spacial score (nSPS) is 13.6. The van der Waals surface area contributed by atoms with Crippen molar-refractivity contribution in [3.05, 3.63) is 121 Å². The maximum atomic E-state index is 13.3. The number of ether oxygens (including phenoxy) is 1. The molecule has 0 saturated heterocycles. The number of aromatic nitrogens is 2. The van der Waals surface area contributed by atoms with Crippen LogP contribution >= 0.6 is 0 Å². The zero-order valence-electron chi connectivity index (χ0n) is 19.4. The summed E-state index contributed by atoms with van der Waals surface area (Å²) in [6, 6.07) is 30.4. The summed E-state index contributed by atoms with van der Waals surface area (Å²) >= 11 is 0. The Morgan fingerprint density at radius 1 is 0.568 bits per heavy atom. The van der Waals surface area contributed by atoms with Gasteiger partial charge < -0.3 is 9.64 Å². The summed E-state index contributed by atoms with van der Waals surface area (Å²) in [4.78, 5) is 38.4. The van der Waals surface area contributed by atoms with Crippen LogP contribution in [-0.4, -0.2) is 21.8 Å². The monoisotopic (exact) mass is 482 g/mol. The molecule has 0 N–H and O–H groups in total.